The standard InChI is InChI=1S/C22H21N3O4S/c1-25(21-23-14-19(29-21)16-5-3-2-4-6-16)11-12-28-17-9-7-15(8-10-17)13-18-20(26)30-22(27)24-18/h2-10,14,18H,11-13H2,1H3,(H,24,27). The summed E-state index contributed by atoms with van der Waals surface area (Å²) in [5.74, 6) is 1.46. The lowest BCUT2D eigenvalue weighted by Crippen LogP contribution is -2.30. The first-order valence-electron chi connectivity index (χ1n) is 9.55. The van der Waals surface area contributed by atoms with Gasteiger partial charge in [0.05, 0.1) is 12.7 Å². The smallest absolute Gasteiger partial charge is 0.297 e. The number of anilines is 1. The van der Waals surface area contributed by atoms with Crippen LogP contribution in [0, 0.1) is 0 Å². The normalized spacial score (nSPS) is 15.8. The highest BCUT2D eigenvalue weighted by atomic mass is 32.2. The third kappa shape index (κ3) is 4.83. The fraction of sp³-hybridized carbons (Fsp3) is 0.227. The Morgan fingerprint density at radius 1 is 1.13 bits per heavy atom. The van der Waals surface area contributed by atoms with E-state index in [9.17, 15) is 9.59 Å². The Bertz CT molecular complexity index is 1020. The molecule has 1 N–H and O–H groups in total. The van der Waals surface area contributed by atoms with E-state index in [2.05, 4.69) is 10.3 Å². The summed E-state index contributed by atoms with van der Waals surface area (Å²) in [6, 6.07) is 17.5. The average molecular weight is 423 g/mol. The van der Waals surface area contributed by atoms with Crippen LogP contribution in [0.5, 0.6) is 5.75 Å². The van der Waals surface area contributed by atoms with Gasteiger partial charge in [-0.3, -0.25) is 9.59 Å². The number of nitrogens with one attached hydrogen (secondary N) is 1. The van der Waals surface area contributed by atoms with Gasteiger partial charge < -0.3 is 19.4 Å². The maximum Gasteiger partial charge on any atom is 0.297 e. The molecule has 0 spiro atoms. The molecule has 1 amide bonds. The molecular formula is C22H21N3O4S. The van der Waals surface area contributed by atoms with Crippen molar-refractivity contribution in [3.05, 3.63) is 66.4 Å². The summed E-state index contributed by atoms with van der Waals surface area (Å²) in [7, 11) is 1.90. The molecule has 3 aromatic rings. The summed E-state index contributed by atoms with van der Waals surface area (Å²) >= 11 is 0.732. The Kier molecular flexibility index (Phi) is 6.04. The van der Waals surface area contributed by atoms with Gasteiger partial charge in [0, 0.05) is 30.8 Å². The van der Waals surface area contributed by atoms with Gasteiger partial charge in [-0.2, -0.15) is 0 Å². The van der Waals surface area contributed by atoms with Crippen LogP contribution in [-0.2, 0) is 11.2 Å². The van der Waals surface area contributed by atoms with E-state index in [0.717, 1.165) is 34.4 Å². The van der Waals surface area contributed by atoms with E-state index >= 15 is 0 Å². The van der Waals surface area contributed by atoms with E-state index in [0.29, 0.717) is 25.6 Å². The summed E-state index contributed by atoms with van der Waals surface area (Å²) < 4.78 is 11.6. The fourth-order valence-corrected chi connectivity index (χ4v) is 3.73. The molecule has 1 aromatic heterocycles. The Hall–Kier alpha value is -3.26. The second-order valence-electron chi connectivity index (χ2n) is 6.90. The number of hydrogen-bond donors (Lipinski definition) is 1. The van der Waals surface area contributed by atoms with Crippen LogP contribution in [-0.4, -0.2) is 41.6 Å². The number of carbonyl (C=O) groups is 2. The first-order valence-corrected chi connectivity index (χ1v) is 10.4. The van der Waals surface area contributed by atoms with Gasteiger partial charge in [0.25, 0.3) is 11.3 Å². The average Bonchev–Trinajstić information content (AvgIpc) is 3.37. The summed E-state index contributed by atoms with van der Waals surface area (Å²) in [5.41, 5.74) is 1.95. The van der Waals surface area contributed by atoms with Crippen molar-refractivity contribution < 1.29 is 18.7 Å². The number of nitrogens with zero attached hydrogens (tertiary/aromatic N) is 2. The lowest BCUT2D eigenvalue weighted by atomic mass is 10.1. The molecule has 1 aliphatic heterocycles. The number of likely N-dealkylation sites (N-methyl/N-ethyl adjacent to an activating group) is 1. The number of benzene rings is 2. The molecule has 1 atom stereocenters. The van der Waals surface area contributed by atoms with Gasteiger partial charge in [-0.25, -0.2) is 4.98 Å². The van der Waals surface area contributed by atoms with Crippen molar-refractivity contribution >= 4 is 28.1 Å². The van der Waals surface area contributed by atoms with Gasteiger partial charge in [0.1, 0.15) is 18.4 Å². The van der Waals surface area contributed by atoms with Crippen LogP contribution in [0.4, 0.5) is 10.8 Å². The molecule has 8 heteroatoms. The van der Waals surface area contributed by atoms with Crippen molar-refractivity contribution in [2.75, 3.05) is 25.1 Å². The SMILES string of the molecule is CN(CCOc1ccc(CC2NC(=O)SC2=O)cc1)c1ncc(-c2ccccc2)o1. The first kappa shape index (κ1) is 20.0. The highest BCUT2D eigenvalue weighted by molar-refractivity contribution is 8.26. The molecule has 0 radical (unpaired) electrons. The largest absolute Gasteiger partial charge is 0.492 e. The van der Waals surface area contributed by atoms with Crippen molar-refractivity contribution in [2.45, 2.75) is 12.5 Å². The minimum absolute atomic E-state index is 0.134. The van der Waals surface area contributed by atoms with Crippen molar-refractivity contribution in [1.82, 2.24) is 10.3 Å². The summed E-state index contributed by atoms with van der Waals surface area (Å²) in [6.07, 6.45) is 2.20. The van der Waals surface area contributed by atoms with Gasteiger partial charge in [-0.1, -0.05) is 42.5 Å². The quantitative estimate of drug-likeness (QED) is 0.591. The predicted octanol–water partition coefficient (Wildman–Crippen LogP) is 3.75. The molecule has 1 aliphatic rings. The van der Waals surface area contributed by atoms with Crippen molar-refractivity contribution in [2.24, 2.45) is 0 Å². The van der Waals surface area contributed by atoms with Crippen LogP contribution >= 0.6 is 11.8 Å². The number of oxazole rings is 1. The predicted molar refractivity (Wildman–Crippen MR) is 116 cm³/mol. The Morgan fingerprint density at radius 2 is 1.90 bits per heavy atom. The number of hydrogen-bond acceptors (Lipinski definition) is 7. The molecular weight excluding hydrogens is 402 g/mol. The van der Waals surface area contributed by atoms with Crippen molar-refractivity contribution in [3.63, 3.8) is 0 Å². The van der Waals surface area contributed by atoms with Crippen molar-refractivity contribution in [3.8, 4) is 17.1 Å². The Morgan fingerprint density at radius 3 is 2.60 bits per heavy atom. The first-order chi connectivity index (χ1) is 14.6. The summed E-state index contributed by atoms with van der Waals surface area (Å²) in [4.78, 5) is 29.2. The molecule has 30 heavy (non-hydrogen) atoms. The number of aromatic nitrogens is 1. The number of amides is 1. The molecule has 2 heterocycles. The van der Waals surface area contributed by atoms with Crippen LogP contribution in [0.15, 0.2) is 65.2 Å². The zero-order valence-corrected chi connectivity index (χ0v) is 17.2. The lowest BCUT2D eigenvalue weighted by molar-refractivity contribution is -0.112. The Labute approximate surface area is 178 Å². The zero-order valence-electron chi connectivity index (χ0n) is 16.4. The lowest BCUT2D eigenvalue weighted by Gasteiger charge is -2.15. The number of rotatable bonds is 8. The van der Waals surface area contributed by atoms with Gasteiger partial charge in [0.15, 0.2) is 5.76 Å². The van der Waals surface area contributed by atoms with Crippen LogP contribution in [0.25, 0.3) is 11.3 Å². The molecule has 1 saturated heterocycles. The summed E-state index contributed by atoms with van der Waals surface area (Å²) in [5, 5.41) is 2.25. The molecule has 154 valence electrons. The van der Waals surface area contributed by atoms with E-state index in [-0.39, 0.29) is 10.4 Å². The molecule has 4 rings (SSSR count). The highest BCUT2D eigenvalue weighted by Crippen LogP contribution is 2.24. The van der Waals surface area contributed by atoms with Crippen LogP contribution in [0.3, 0.4) is 0 Å². The molecule has 7 nitrogen and oxygen atoms in total. The van der Waals surface area contributed by atoms with Crippen molar-refractivity contribution in [1.29, 1.82) is 0 Å². The van der Waals surface area contributed by atoms with Crippen LogP contribution in [0.2, 0.25) is 0 Å². The van der Waals surface area contributed by atoms with Gasteiger partial charge in [0.2, 0.25) is 5.12 Å². The van der Waals surface area contributed by atoms with E-state index in [1.807, 2.05) is 66.5 Å². The number of ether oxygens (including phenoxy) is 1. The van der Waals surface area contributed by atoms with Gasteiger partial charge in [-0.15, -0.1) is 0 Å². The van der Waals surface area contributed by atoms with E-state index in [1.165, 1.54) is 0 Å². The highest BCUT2D eigenvalue weighted by Gasteiger charge is 2.31. The molecule has 0 aliphatic carbocycles. The topological polar surface area (TPSA) is 84.7 Å². The number of carbonyl (C=O) groups excluding carboxylic acids is 2. The Balaban J connectivity index is 1.25. The second kappa shape index (κ2) is 9.04. The zero-order chi connectivity index (χ0) is 20.9. The summed E-state index contributed by atoms with van der Waals surface area (Å²) in [6.45, 7) is 1.07. The van der Waals surface area contributed by atoms with E-state index in [4.69, 9.17) is 9.15 Å². The van der Waals surface area contributed by atoms with E-state index < -0.39 is 6.04 Å². The number of thioether (sulfide) groups is 1. The van der Waals surface area contributed by atoms with E-state index in [1.54, 1.807) is 6.20 Å². The minimum Gasteiger partial charge on any atom is -0.492 e. The molecule has 1 fully saturated rings. The van der Waals surface area contributed by atoms with Gasteiger partial charge in [-0.05, 0) is 17.7 Å². The van der Waals surface area contributed by atoms with Gasteiger partial charge >= 0.3 is 0 Å². The fourth-order valence-electron chi connectivity index (χ4n) is 3.06. The monoisotopic (exact) mass is 423 g/mol. The third-order valence-electron chi connectivity index (χ3n) is 4.71. The third-order valence-corrected chi connectivity index (χ3v) is 5.50. The maximum atomic E-state index is 11.7. The second-order valence-corrected chi connectivity index (χ2v) is 7.87. The maximum absolute atomic E-state index is 11.7. The minimum atomic E-state index is -0.454. The molecule has 1 unspecified atom stereocenters. The molecule has 0 bridgehead atoms. The molecule has 2 aromatic carbocycles. The van der Waals surface area contributed by atoms with Crippen LogP contribution < -0.4 is 15.0 Å². The molecule has 0 saturated carbocycles. The van der Waals surface area contributed by atoms with Crippen LogP contribution in [0.1, 0.15) is 5.56 Å².